The minimum atomic E-state index is -0.254. The van der Waals surface area contributed by atoms with Gasteiger partial charge in [-0.3, -0.25) is 0 Å². The van der Waals surface area contributed by atoms with Crippen LogP contribution in [0.25, 0.3) is 0 Å². The van der Waals surface area contributed by atoms with Gasteiger partial charge in [0.2, 0.25) is 0 Å². The number of nitrogens with one attached hydrogen (secondary N) is 1. The standard InChI is InChI=1S/C10H18N2O/c1-8(7-11)13-10-5-3-9(12-2)4-6-10/h8-10,12H,3-6H2,1-2H3. The third-order valence-corrected chi connectivity index (χ3v) is 2.66. The van der Waals surface area contributed by atoms with E-state index in [1.165, 1.54) is 12.8 Å². The number of nitrogens with zero attached hydrogens (tertiary/aromatic N) is 1. The van der Waals surface area contributed by atoms with Crippen LogP contribution in [0.15, 0.2) is 0 Å². The Balaban J connectivity index is 2.22. The SMILES string of the molecule is CNC1CCC(OC(C)C#N)CC1. The number of hydrogen-bond donors (Lipinski definition) is 1. The van der Waals surface area contributed by atoms with E-state index < -0.39 is 0 Å². The maximum absolute atomic E-state index is 8.58. The van der Waals surface area contributed by atoms with Crippen LogP contribution in [0.3, 0.4) is 0 Å². The molecule has 0 aliphatic heterocycles. The third-order valence-electron chi connectivity index (χ3n) is 2.66. The van der Waals surface area contributed by atoms with Gasteiger partial charge >= 0.3 is 0 Å². The maximum atomic E-state index is 8.58. The summed E-state index contributed by atoms with van der Waals surface area (Å²) in [5.41, 5.74) is 0. The smallest absolute Gasteiger partial charge is 0.141 e. The lowest BCUT2D eigenvalue weighted by atomic mass is 9.93. The molecule has 3 heteroatoms. The van der Waals surface area contributed by atoms with Gasteiger partial charge in [-0.2, -0.15) is 5.26 Å². The van der Waals surface area contributed by atoms with E-state index in [0.29, 0.717) is 12.1 Å². The first-order chi connectivity index (χ1) is 6.26. The Morgan fingerprint density at radius 3 is 2.46 bits per heavy atom. The summed E-state index contributed by atoms with van der Waals surface area (Å²) < 4.78 is 5.54. The fourth-order valence-electron chi connectivity index (χ4n) is 1.81. The van der Waals surface area contributed by atoms with Crippen LogP contribution in [-0.4, -0.2) is 25.3 Å². The van der Waals surface area contributed by atoms with E-state index in [9.17, 15) is 0 Å². The van der Waals surface area contributed by atoms with Gasteiger partial charge < -0.3 is 10.1 Å². The van der Waals surface area contributed by atoms with Crippen LogP contribution in [-0.2, 0) is 4.74 Å². The minimum Gasteiger partial charge on any atom is -0.360 e. The molecule has 0 radical (unpaired) electrons. The van der Waals surface area contributed by atoms with Crippen molar-refractivity contribution in [3.8, 4) is 6.07 Å². The summed E-state index contributed by atoms with van der Waals surface area (Å²) >= 11 is 0. The molecular weight excluding hydrogens is 164 g/mol. The lowest BCUT2D eigenvalue weighted by Gasteiger charge is -2.28. The van der Waals surface area contributed by atoms with Crippen LogP contribution in [0.1, 0.15) is 32.6 Å². The zero-order valence-corrected chi connectivity index (χ0v) is 8.42. The summed E-state index contributed by atoms with van der Waals surface area (Å²) in [4.78, 5) is 0. The highest BCUT2D eigenvalue weighted by molar-refractivity contribution is 4.83. The fraction of sp³-hybridized carbons (Fsp3) is 0.900. The van der Waals surface area contributed by atoms with Gasteiger partial charge in [0, 0.05) is 6.04 Å². The minimum absolute atomic E-state index is 0.254. The van der Waals surface area contributed by atoms with Crippen molar-refractivity contribution in [2.45, 2.75) is 50.9 Å². The first-order valence-electron chi connectivity index (χ1n) is 4.98. The Morgan fingerprint density at radius 1 is 1.38 bits per heavy atom. The first-order valence-corrected chi connectivity index (χ1v) is 4.98. The van der Waals surface area contributed by atoms with Crippen LogP contribution in [0.2, 0.25) is 0 Å². The van der Waals surface area contributed by atoms with Crippen molar-refractivity contribution >= 4 is 0 Å². The Labute approximate surface area is 80.1 Å². The van der Waals surface area contributed by atoms with Crippen molar-refractivity contribution in [1.29, 1.82) is 5.26 Å². The topological polar surface area (TPSA) is 45.0 Å². The molecule has 0 amide bonds. The van der Waals surface area contributed by atoms with Crippen LogP contribution in [0.4, 0.5) is 0 Å². The monoisotopic (exact) mass is 182 g/mol. The third kappa shape index (κ3) is 3.33. The van der Waals surface area contributed by atoms with Crippen LogP contribution >= 0.6 is 0 Å². The molecular formula is C10H18N2O. The molecule has 0 spiro atoms. The molecule has 0 aromatic heterocycles. The van der Waals surface area contributed by atoms with Gasteiger partial charge in [0.15, 0.2) is 0 Å². The second-order valence-corrected chi connectivity index (χ2v) is 3.67. The normalized spacial score (nSPS) is 30.8. The number of hydrogen-bond acceptors (Lipinski definition) is 3. The molecule has 0 saturated heterocycles. The van der Waals surface area contributed by atoms with Gasteiger partial charge in [-0.15, -0.1) is 0 Å². The molecule has 0 aromatic carbocycles. The molecule has 0 aromatic rings. The van der Waals surface area contributed by atoms with Crippen molar-refractivity contribution in [3.05, 3.63) is 0 Å². The number of rotatable bonds is 3. The molecule has 0 heterocycles. The van der Waals surface area contributed by atoms with Crippen LogP contribution in [0, 0.1) is 11.3 Å². The second kappa shape index (κ2) is 5.21. The molecule has 3 nitrogen and oxygen atoms in total. The largest absolute Gasteiger partial charge is 0.360 e. The first kappa shape index (κ1) is 10.5. The molecule has 1 rings (SSSR count). The van der Waals surface area contributed by atoms with Gasteiger partial charge in [-0.05, 0) is 39.7 Å². The van der Waals surface area contributed by atoms with E-state index in [0.717, 1.165) is 12.8 Å². The second-order valence-electron chi connectivity index (χ2n) is 3.67. The highest BCUT2D eigenvalue weighted by Gasteiger charge is 2.21. The molecule has 74 valence electrons. The summed E-state index contributed by atoms with van der Waals surface area (Å²) in [6.45, 7) is 1.81. The quantitative estimate of drug-likeness (QED) is 0.718. The number of nitriles is 1. The summed E-state index contributed by atoms with van der Waals surface area (Å²) in [6, 6.07) is 2.75. The predicted octanol–water partition coefficient (Wildman–Crippen LogP) is 1.45. The van der Waals surface area contributed by atoms with E-state index in [1.807, 2.05) is 14.0 Å². The van der Waals surface area contributed by atoms with Crippen molar-refractivity contribution in [3.63, 3.8) is 0 Å². The van der Waals surface area contributed by atoms with Crippen molar-refractivity contribution in [1.82, 2.24) is 5.32 Å². The number of ether oxygens (including phenoxy) is 1. The molecule has 1 N–H and O–H groups in total. The predicted molar refractivity (Wildman–Crippen MR) is 51.3 cm³/mol. The van der Waals surface area contributed by atoms with Gasteiger partial charge in [0.1, 0.15) is 6.10 Å². The molecule has 1 aliphatic carbocycles. The van der Waals surface area contributed by atoms with Crippen LogP contribution < -0.4 is 5.32 Å². The Morgan fingerprint density at radius 2 is 2.00 bits per heavy atom. The van der Waals surface area contributed by atoms with Gasteiger partial charge in [0.05, 0.1) is 12.2 Å². The van der Waals surface area contributed by atoms with E-state index in [4.69, 9.17) is 10.00 Å². The lowest BCUT2D eigenvalue weighted by Crippen LogP contribution is -2.34. The van der Waals surface area contributed by atoms with Gasteiger partial charge in [-0.1, -0.05) is 0 Å². The van der Waals surface area contributed by atoms with E-state index >= 15 is 0 Å². The Bertz CT molecular complexity index is 180. The average Bonchev–Trinajstić information content (AvgIpc) is 2.19. The summed E-state index contributed by atoms with van der Waals surface area (Å²) in [7, 11) is 2.00. The maximum Gasteiger partial charge on any atom is 0.141 e. The van der Waals surface area contributed by atoms with Crippen molar-refractivity contribution < 1.29 is 4.74 Å². The van der Waals surface area contributed by atoms with Gasteiger partial charge in [0.25, 0.3) is 0 Å². The van der Waals surface area contributed by atoms with Crippen molar-refractivity contribution in [2.75, 3.05) is 7.05 Å². The molecule has 1 fully saturated rings. The van der Waals surface area contributed by atoms with Crippen molar-refractivity contribution in [2.24, 2.45) is 0 Å². The van der Waals surface area contributed by atoms with Gasteiger partial charge in [-0.25, -0.2) is 0 Å². The zero-order valence-electron chi connectivity index (χ0n) is 8.42. The highest BCUT2D eigenvalue weighted by Crippen LogP contribution is 2.21. The molecule has 0 bridgehead atoms. The average molecular weight is 182 g/mol. The summed E-state index contributed by atoms with van der Waals surface area (Å²) in [5.74, 6) is 0. The Kier molecular flexibility index (Phi) is 4.20. The molecule has 1 unspecified atom stereocenters. The lowest BCUT2D eigenvalue weighted by molar-refractivity contribution is 0.000177. The zero-order chi connectivity index (χ0) is 9.68. The van der Waals surface area contributed by atoms with E-state index in [2.05, 4.69) is 11.4 Å². The molecule has 1 atom stereocenters. The fourth-order valence-corrected chi connectivity index (χ4v) is 1.81. The van der Waals surface area contributed by atoms with E-state index in [-0.39, 0.29) is 6.10 Å². The summed E-state index contributed by atoms with van der Waals surface area (Å²) in [6.07, 6.45) is 4.55. The molecule has 1 aliphatic rings. The Hall–Kier alpha value is -0.590. The van der Waals surface area contributed by atoms with Crippen LogP contribution in [0.5, 0.6) is 0 Å². The molecule has 1 saturated carbocycles. The highest BCUT2D eigenvalue weighted by atomic mass is 16.5. The van der Waals surface area contributed by atoms with E-state index in [1.54, 1.807) is 0 Å². The summed E-state index contributed by atoms with van der Waals surface area (Å²) in [5, 5.41) is 11.8. The molecule has 13 heavy (non-hydrogen) atoms.